The summed E-state index contributed by atoms with van der Waals surface area (Å²) in [5.41, 5.74) is 13.4. The molecule has 5 rings (SSSR count). The second-order valence-electron chi connectivity index (χ2n) is 17.8. The van der Waals surface area contributed by atoms with Crippen molar-refractivity contribution >= 4 is 23.2 Å². The van der Waals surface area contributed by atoms with Gasteiger partial charge in [-0.25, -0.2) is 0 Å². The summed E-state index contributed by atoms with van der Waals surface area (Å²) in [6.07, 6.45) is 19.9. The number of aliphatic hydroxyl groups excluding tert-OH is 1. The molecule has 348 valence electrons. The van der Waals surface area contributed by atoms with Gasteiger partial charge < -0.3 is 35.8 Å². The first-order chi connectivity index (χ1) is 31.3. The zero-order valence-electron chi connectivity index (χ0n) is 39.0. The molecule has 3 atom stereocenters. The number of hydrogen-bond donors (Lipinski definition) is 4. The van der Waals surface area contributed by atoms with E-state index in [0.29, 0.717) is 30.8 Å². The molecule has 4 aromatic carbocycles. The van der Waals surface area contributed by atoms with E-state index < -0.39 is 6.29 Å². The number of carbonyl (C=O) groups excluding carboxylic acids is 2. The Kier molecular flexibility index (Phi) is 22.9. The lowest BCUT2D eigenvalue weighted by molar-refractivity contribution is -0.253. The molecule has 9 nitrogen and oxygen atoms in total. The Hall–Kier alpha value is -4.54. The maximum atomic E-state index is 12.7. The Morgan fingerprint density at radius 1 is 0.641 bits per heavy atom. The Labute approximate surface area is 384 Å². The van der Waals surface area contributed by atoms with Crippen LogP contribution in [0.1, 0.15) is 170 Å². The lowest BCUT2D eigenvalue weighted by atomic mass is 9.98. The molecule has 0 radical (unpaired) electrons. The molecule has 0 aromatic heterocycles. The molecule has 4 aromatic rings. The standard InChI is InChI=1S/C55H78N4O5/c1-3-5-7-9-13-19-36-59(37-20-14-10-8-6-4-2)41-49-39-52(46-30-28-43(42-60)29-31-46)64-55(63-49)47-34-32-45(33-35-47)48-23-21-22-44(38-48)40-57-53(61)26-15-11-12-16-27-54(62)58-51-25-18-17-24-50(51)56/h17-18,21-25,28-35,38,49,52,55,60H,3-16,19-20,26-27,36-37,39-42,56H2,1-2H3,(H,57,61)(H,58,62)/t49-,52+,55+/m0/s1. The Bertz CT molecular complexity index is 1900. The quantitative estimate of drug-likeness (QED) is 0.0304. The first-order valence-corrected chi connectivity index (χ1v) is 24.7. The summed E-state index contributed by atoms with van der Waals surface area (Å²) in [5, 5.41) is 15.7. The van der Waals surface area contributed by atoms with Crippen molar-refractivity contribution in [2.24, 2.45) is 0 Å². The molecule has 1 saturated heterocycles. The predicted molar refractivity (Wildman–Crippen MR) is 263 cm³/mol. The van der Waals surface area contributed by atoms with Gasteiger partial charge in [-0.1, -0.05) is 170 Å². The first-order valence-electron chi connectivity index (χ1n) is 24.7. The van der Waals surface area contributed by atoms with Gasteiger partial charge in [-0.3, -0.25) is 9.59 Å². The minimum atomic E-state index is -0.499. The van der Waals surface area contributed by atoms with Gasteiger partial charge >= 0.3 is 0 Å². The number of hydrogen-bond acceptors (Lipinski definition) is 7. The third-order valence-electron chi connectivity index (χ3n) is 12.5. The molecule has 1 aliphatic rings. The van der Waals surface area contributed by atoms with E-state index in [1.165, 1.54) is 77.0 Å². The highest BCUT2D eigenvalue weighted by Crippen LogP contribution is 2.39. The smallest absolute Gasteiger partial charge is 0.224 e. The number of rotatable bonds is 30. The topological polar surface area (TPSA) is 126 Å². The van der Waals surface area contributed by atoms with Crippen LogP contribution in [0.2, 0.25) is 0 Å². The van der Waals surface area contributed by atoms with Gasteiger partial charge in [0.05, 0.1) is 30.2 Å². The number of nitrogens with two attached hydrogens (primary N) is 1. The molecule has 9 heteroatoms. The van der Waals surface area contributed by atoms with E-state index in [2.05, 4.69) is 77.9 Å². The number of benzene rings is 4. The van der Waals surface area contributed by atoms with Crippen molar-refractivity contribution in [3.05, 3.63) is 119 Å². The van der Waals surface area contributed by atoms with E-state index in [-0.39, 0.29) is 30.6 Å². The largest absolute Gasteiger partial charge is 0.397 e. The number of nitrogens with one attached hydrogen (secondary N) is 2. The lowest BCUT2D eigenvalue weighted by Crippen LogP contribution is -2.40. The molecule has 64 heavy (non-hydrogen) atoms. The molecule has 1 fully saturated rings. The molecule has 1 aliphatic heterocycles. The van der Waals surface area contributed by atoms with E-state index in [4.69, 9.17) is 15.2 Å². The number of ether oxygens (including phenoxy) is 2. The third-order valence-corrected chi connectivity index (χ3v) is 12.5. The fourth-order valence-electron chi connectivity index (χ4n) is 8.58. The number of aliphatic hydroxyl groups is 1. The molecule has 2 amide bonds. The van der Waals surface area contributed by atoms with Gasteiger partial charge in [-0.05, 0) is 84.8 Å². The van der Waals surface area contributed by atoms with Crippen LogP contribution in [0.4, 0.5) is 11.4 Å². The van der Waals surface area contributed by atoms with Crippen molar-refractivity contribution in [2.75, 3.05) is 30.7 Å². The second kappa shape index (κ2) is 29.1. The minimum Gasteiger partial charge on any atom is -0.397 e. The fraction of sp³-hybridized carbons (Fsp3) is 0.527. The van der Waals surface area contributed by atoms with Crippen LogP contribution in [0.5, 0.6) is 0 Å². The zero-order chi connectivity index (χ0) is 45.2. The number of amides is 2. The van der Waals surface area contributed by atoms with Crippen molar-refractivity contribution in [1.29, 1.82) is 0 Å². The molecule has 1 heterocycles. The van der Waals surface area contributed by atoms with E-state index in [1.54, 1.807) is 12.1 Å². The van der Waals surface area contributed by atoms with Crippen LogP contribution in [-0.2, 0) is 32.2 Å². The normalized spacial score (nSPS) is 16.2. The number of anilines is 2. The number of nitrogens with zero attached hydrogens (tertiary/aromatic N) is 1. The van der Waals surface area contributed by atoms with Crippen LogP contribution >= 0.6 is 0 Å². The van der Waals surface area contributed by atoms with Crippen molar-refractivity contribution in [3.8, 4) is 11.1 Å². The van der Waals surface area contributed by atoms with E-state index >= 15 is 0 Å². The van der Waals surface area contributed by atoms with Crippen molar-refractivity contribution in [3.63, 3.8) is 0 Å². The highest BCUT2D eigenvalue weighted by atomic mass is 16.7. The summed E-state index contributed by atoms with van der Waals surface area (Å²) < 4.78 is 13.6. The van der Waals surface area contributed by atoms with Gasteiger partial charge in [-0.2, -0.15) is 0 Å². The fourth-order valence-corrected chi connectivity index (χ4v) is 8.58. The highest BCUT2D eigenvalue weighted by Gasteiger charge is 2.33. The summed E-state index contributed by atoms with van der Waals surface area (Å²) in [6.45, 7) is 8.15. The van der Waals surface area contributed by atoms with E-state index in [1.807, 2.05) is 36.4 Å². The van der Waals surface area contributed by atoms with Gasteiger partial charge in [0.15, 0.2) is 6.29 Å². The van der Waals surface area contributed by atoms with Gasteiger partial charge in [0, 0.05) is 37.9 Å². The van der Waals surface area contributed by atoms with Crippen LogP contribution < -0.4 is 16.4 Å². The SMILES string of the molecule is CCCCCCCCN(CCCCCCCC)C[C@@H]1C[C@H](c2ccc(CO)cc2)O[C@H](c2ccc(-c3cccc(CNC(=O)CCCCCCC(=O)Nc4ccccc4N)c3)cc2)O1. The first kappa shape index (κ1) is 50.5. The van der Waals surface area contributed by atoms with E-state index in [0.717, 1.165) is 85.1 Å². The second-order valence-corrected chi connectivity index (χ2v) is 17.8. The van der Waals surface area contributed by atoms with Crippen LogP contribution in [0.25, 0.3) is 11.1 Å². The summed E-state index contributed by atoms with van der Waals surface area (Å²) in [7, 11) is 0. The average Bonchev–Trinajstić information content (AvgIpc) is 3.32. The Morgan fingerprint density at radius 2 is 1.25 bits per heavy atom. The van der Waals surface area contributed by atoms with Crippen molar-refractivity contribution in [1.82, 2.24) is 10.2 Å². The van der Waals surface area contributed by atoms with Gasteiger partial charge in [-0.15, -0.1) is 0 Å². The molecular weight excluding hydrogens is 797 g/mol. The molecule has 0 spiro atoms. The monoisotopic (exact) mass is 875 g/mol. The van der Waals surface area contributed by atoms with Gasteiger partial charge in [0.1, 0.15) is 0 Å². The van der Waals surface area contributed by atoms with Crippen LogP contribution in [0.15, 0.2) is 97.1 Å². The van der Waals surface area contributed by atoms with E-state index in [9.17, 15) is 14.7 Å². The number of unbranched alkanes of at least 4 members (excludes halogenated alkanes) is 13. The molecule has 0 unspecified atom stereocenters. The van der Waals surface area contributed by atoms with Crippen LogP contribution in [-0.4, -0.2) is 47.6 Å². The molecule has 0 aliphatic carbocycles. The number of nitrogen functional groups attached to an aromatic ring is 1. The summed E-state index contributed by atoms with van der Waals surface area (Å²) >= 11 is 0. The molecule has 5 N–H and O–H groups in total. The molecule has 0 bridgehead atoms. The van der Waals surface area contributed by atoms with Gasteiger partial charge in [0.2, 0.25) is 11.8 Å². The average molecular weight is 875 g/mol. The van der Waals surface area contributed by atoms with Crippen molar-refractivity contribution in [2.45, 2.75) is 167 Å². The van der Waals surface area contributed by atoms with Gasteiger partial charge in [0.25, 0.3) is 0 Å². The third kappa shape index (κ3) is 18.1. The molecule has 0 saturated carbocycles. The molecular formula is C55H78N4O5. The number of para-hydroxylation sites is 2. The number of carbonyl (C=O) groups is 2. The lowest BCUT2D eigenvalue weighted by Gasteiger charge is -2.38. The summed E-state index contributed by atoms with van der Waals surface area (Å²) in [4.78, 5) is 27.7. The maximum Gasteiger partial charge on any atom is 0.224 e. The zero-order valence-corrected chi connectivity index (χ0v) is 39.0. The van der Waals surface area contributed by atoms with Crippen LogP contribution in [0.3, 0.4) is 0 Å². The Morgan fingerprint density at radius 3 is 1.91 bits per heavy atom. The minimum absolute atomic E-state index is 0.0205. The summed E-state index contributed by atoms with van der Waals surface area (Å²) in [5.74, 6) is -0.00596. The highest BCUT2D eigenvalue weighted by molar-refractivity contribution is 5.93. The van der Waals surface area contributed by atoms with Crippen LogP contribution in [0, 0.1) is 0 Å². The summed E-state index contributed by atoms with van der Waals surface area (Å²) in [6, 6.07) is 32.3. The maximum absolute atomic E-state index is 12.7. The van der Waals surface area contributed by atoms with Crippen molar-refractivity contribution < 1.29 is 24.2 Å². The predicted octanol–water partition coefficient (Wildman–Crippen LogP) is 12.6. The Balaban J connectivity index is 1.14.